The highest BCUT2D eigenvalue weighted by Crippen LogP contribution is 2.41. The van der Waals surface area contributed by atoms with Gasteiger partial charge in [0.25, 0.3) is 0 Å². The van der Waals surface area contributed by atoms with Crippen LogP contribution in [0.25, 0.3) is 16.7 Å². The van der Waals surface area contributed by atoms with Crippen molar-refractivity contribution in [3.63, 3.8) is 0 Å². The zero-order valence-corrected chi connectivity index (χ0v) is 57.5. The second-order valence-corrected chi connectivity index (χ2v) is 24.7. The summed E-state index contributed by atoms with van der Waals surface area (Å²) < 4.78 is 0. The van der Waals surface area contributed by atoms with Crippen LogP contribution in [0.1, 0.15) is 119 Å². The number of benzene rings is 12. The summed E-state index contributed by atoms with van der Waals surface area (Å²) in [5.74, 6) is 0. The first kappa shape index (κ1) is 67.2. The van der Waals surface area contributed by atoms with Gasteiger partial charge >= 0.3 is 0 Å². The van der Waals surface area contributed by atoms with Crippen LogP contribution >= 0.6 is 0 Å². The second kappa shape index (κ2) is 32.7. The molecule has 0 saturated carbocycles. The van der Waals surface area contributed by atoms with Crippen molar-refractivity contribution in [2.24, 2.45) is 0 Å². The van der Waals surface area contributed by atoms with Gasteiger partial charge in [-0.3, -0.25) is 0 Å². The molecule has 12 aromatic carbocycles. The number of aryl methyl sites for hydroxylation is 8. The molecule has 474 valence electrons. The van der Waals surface area contributed by atoms with Gasteiger partial charge in [-0.25, -0.2) is 0 Å². The molecule has 0 atom stereocenters. The van der Waals surface area contributed by atoms with E-state index in [9.17, 15) is 0 Å². The van der Waals surface area contributed by atoms with Crippen molar-refractivity contribution < 1.29 is 0 Å². The third-order valence-corrected chi connectivity index (χ3v) is 17.7. The summed E-state index contributed by atoms with van der Waals surface area (Å²) in [6.45, 7) is 24.0. The zero-order chi connectivity index (χ0) is 66.6. The number of hydrogen-bond donors (Lipinski definition) is 0. The van der Waals surface area contributed by atoms with E-state index in [4.69, 9.17) is 0 Å². The molecule has 0 aromatic heterocycles. The molecule has 0 amide bonds. The van der Waals surface area contributed by atoms with Gasteiger partial charge in [-0.15, -0.1) is 0 Å². The topological polar surface area (TPSA) is 9.72 Å². The Labute approximate surface area is 568 Å². The van der Waals surface area contributed by atoms with Crippen LogP contribution in [0.2, 0.25) is 0 Å². The molecule has 0 aliphatic heterocycles. The van der Waals surface area contributed by atoms with Gasteiger partial charge in [-0.1, -0.05) is 291 Å². The Hall–Kier alpha value is -10.7. The molecule has 0 aliphatic carbocycles. The van der Waals surface area contributed by atoms with E-state index in [1.165, 1.54) is 129 Å². The van der Waals surface area contributed by atoms with Gasteiger partial charge in [0.15, 0.2) is 0 Å². The molecule has 0 bridgehead atoms. The van der Waals surface area contributed by atoms with Crippen LogP contribution in [0.15, 0.2) is 333 Å². The van der Waals surface area contributed by atoms with Crippen LogP contribution in [-0.4, -0.2) is 0 Å². The number of hydrogen-bond acceptors (Lipinski definition) is 3. The highest BCUT2D eigenvalue weighted by molar-refractivity contribution is 5.90. The minimum atomic E-state index is 1.04. The fourth-order valence-corrected chi connectivity index (χ4v) is 12.3. The number of anilines is 6. The molecule has 12 rings (SSSR count). The SMILES string of the molecule is CC(=C(c1ccc(C)cc1)c1ccc(C)cc1)N(c1ccccc1)c1ccccc1.CCc1ccc(N(C(C)=C(c2ccc(C)cc2)c2ccc(C)cc2)c2ccc(CC)cc2)cc1.CCc1ccc(N(C(C)=C(c2ccccc2)c2ccccc2)c2ccc(C)cc2)cc1. The van der Waals surface area contributed by atoms with E-state index in [1.54, 1.807) is 0 Å². The van der Waals surface area contributed by atoms with Crippen molar-refractivity contribution in [3.8, 4) is 0 Å². The van der Waals surface area contributed by atoms with Crippen LogP contribution in [0, 0.1) is 34.6 Å². The van der Waals surface area contributed by atoms with Crippen LogP contribution in [-0.2, 0) is 19.3 Å². The fraction of sp³-hybridized carbons (Fsp3) is 0.152. The van der Waals surface area contributed by atoms with E-state index in [0.717, 1.165) is 36.3 Å². The Balaban J connectivity index is 0.000000156. The van der Waals surface area contributed by atoms with Gasteiger partial charge in [0.05, 0.1) is 0 Å². The van der Waals surface area contributed by atoms with Gasteiger partial charge in [0.2, 0.25) is 0 Å². The van der Waals surface area contributed by atoms with Crippen molar-refractivity contribution in [1.82, 2.24) is 0 Å². The molecule has 12 aromatic rings. The van der Waals surface area contributed by atoms with Crippen molar-refractivity contribution in [1.29, 1.82) is 0 Å². The molecule has 0 spiro atoms. The molecule has 0 saturated heterocycles. The smallest absolute Gasteiger partial charge is 0.0458 e. The lowest BCUT2D eigenvalue weighted by Gasteiger charge is -2.29. The van der Waals surface area contributed by atoms with Gasteiger partial charge in [0, 0.05) is 67.9 Å². The number of rotatable bonds is 18. The lowest BCUT2D eigenvalue weighted by molar-refractivity contribution is 1.11. The standard InChI is InChI=1S/C33H35N.C30H29N.C29H27N/c1-6-27-12-20-31(21-13-27)34(32-22-14-28(7-2)15-23-32)26(5)33(29-16-8-24(3)9-17-29)30-18-10-25(4)11-19-30;1-4-25-17-21-29(22-18-25)31(28-19-15-23(2)16-20-28)24(3)30(26-11-7-5-8-12-26)27-13-9-6-10-14-27;1-22-14-18-25(19-15-22)29(26-20-16-23(2)17-21-26)24(3)30(27-10-6-4-7-11-27)28-12-8-5-9-13-28/h8-23H,6-7H2,1-5H3;5-22H,4H2,1-3H3;4-21H,1-3H3. The fourth-order valence-electron chi connectivity index (χ4n) is 12.3. The van der Waals surface area contributed by atoms with Crippen LogP contribution < -0.4 is 14.7 Å². The minimum Gasteiger partial charge on any atom is -0.314 e. The van der Waals surface area contributed by atoms with E-state index < -0.39 is 0 Å². The zero-order valence-electron chi connectivity index (χ0n) is 57.5. The lowest BCUT2D eigenvalue weighted by atomic mass is 9.94. The molecule has 0 unspecified atom stereocenters. The van der Waals surface area contributed by atoms with Crippen molar-refractivity contribution in [2.75, 3.05) is 14.7 Å². The van der Waals surface area contributed by atoms with Crippen LogP contribution in [0.5, 0.6) is 0 Å². The van der Waals surface area contributed by atoms with E-state index in [1.807, 2.05) is 0 Å². The van der Waals surface area contributed by atoms with Crippen molar-refractivity contribution >= 4 is 50.8 Å². The predicted molar refractivity (Wildman–Crippen MR) is 411 cm³/mol. The van der Waals surface area contributed by atoms with Gasteiger partial charge in [-0.05, 0) is 198 Å². The van der Waals surface area contributed by atoms with Crippen LogP contribution in [0.4, 0.5) is 34.1 Å². The van der Waals surface area contributed by atoms with Crippen molar-refractivity contribution in [3.05, 3.63) is 410 Å². The molecule has 0 fully saturated rings. The molecule has 3 nitrogen and oxygen atoms in total. The van der Waals surface area contributed by atoms with Crippen LogP contribution in [0.3, 0.4) is 0 Å². The van der Waals surface area contributed by atoms with Gasteiger partial charge in [-0.2, -0.15) is 0 Å². The average Bonchev–Trinajstić information content (AvgIpc) is 0.832. The number of para-hydroxylation sites is 2. The maximum Gasteiger partial charge on any atom is 0.0458 e. The normalized spacial score (nSPS) is 10.6. The molecule has 95 heavy (non-hydrogen) atoms. The molecular formula is C92H91N3. The van der Waals surface area contributed by atoms with E-state index in [2.05, 4.69) is 406 Å². The quantitative estimate of drug-likeness (QED) is 0.0848. The summed E-state index contributed by atoms with van der Waals surface area (Å²) in [6, 6.07) is 114. The Morgan fingerprint density at radius 1 is 0.200 bits per heavy atom. The number of nitrogens with zero attached hydrogens (tertiary/aromatic N) is 3. The Morgan fingerprint density at radius 2 is 0.368 bits per heavy atom. The highest BCUT2D eigenvalue weighted by Gasteiger charge is 2.22. The number of allylic oxidation sites excluding steroid dienone is 3. The summed E-state index contributed by atoms with van der Waals surface area (Å²) in [4.78, 5) is 7.11. The first-order chi connectivity index (χ1) is 46.3. The van der Waals surface area contributed by atoms with E-state index in [-0.39, 0.29) is 0 Å². The molecule has 0 aliphatic rings. The summed E-state index contributed by atoms with van der Waals surface area (Å²) in [6.07, 6.45) is 3.12. The van der Waals surface area contributed by atoms with Gasteiger partial charge in [0.1, 0.15) is 0 Å². The van der Waals surface area contributed by atoms with E-state index in [0.29, 0.717) is 0 Å². The first-order valence-corrected chi connectivity index (χ1v) is 33.7. The second-order valence-electron chi connectivity index (χ2n) is 24.7. The summed E-state index contributed by atoms with van der Waals surface area (Å²) >= 11 is 0. The molecule has 0 radical (unpaired) electrons. The van der Waals surface area contributed by atoms with Crippen molar-refractivity contribution in [2.45, 2.75) is 95.4 Å². The third-order valence-electron chi connectivity index (χ3n) is 17.7. The minimum absolute atomic E-state index is 1.04. The summed E-state index contributed by atoms with van der Waals surface area (Å²) in [7, 11) is 0. The molecular weight excluding hydrogens is 1150 g/mol. The largest absolute Gasteiger partial charge is 0.314 e. The Morgan fingerprint density at radius 3 is 0.579 bits per heavy atom. The molecule has 0 heterocycles. The monoisotopic (exact) mass is 1240 g/mol. The average molecular weight is 1240 g/mol. The third kappa shape index (κ3) is 17.1. The maximum atomic E-state index is 2.40. The highest BCUT2D eigenvalue weighted by atomic mass is 15.2. The lowest BCUT2D eigenvalue weighted by Crippen LogP contribution is -2.17. The Kier molecular flexibility index (Phi) is 23.1. The van der Waals surface area contributed by atoms with Gasteiger partial charge < -0.3 is 14.7 Å². The molecule has 0 N–H and O–H groups in total. The first-order valence-electron chi connectivity index (χ1n) is 33.7. The predicted octanol–water partition coefficient (Wildman–Crippen LogP) is 25.1. The maximum absolute atomic E-state index is 2.40. The van der Waals surface area contributed by atoms with E-state index >= 15 is 0 Å². The summed E-state index contributed by atoms with van der Waals surface area (Å²) in [5.41, 5.74) is 32.0. The molecule has 3 heteroatoms. The Bertz CT molecular complexity index is 4210. The summed E-state index contributed by atoms with van der Waals surface area (Å²) in [5, 5.41) is 0.